The van der Waals surface area contributed by atoms with E-state index in [1.807, 2.05) is 20.8 Å². The highest BCUT2D eigenvalue weighted by Crippen LogP contribution is 2.71. The minimum absolute atomic E-state index is 0.0674. The second kappa shape index (κ2) is 8.52. The number of anilines is 1. The number of halogens is 5. The molecule has 35 heavy (non-hydrogen) atoms. The first-order chi connectivity index (χ1) is 16.2. The highest BCUT2D eigenvalue weighted by Gasteiger charge is 2.71. The Kier molecular flexibility index (Phi) is 6.21. The molecular weight excluding hydrogens is 504 g/mol. The minimum Gasteiger partial charge on any atom is -0.326 e. The predicted molar refractivity (Wildman–Crippen MR) is 128 cm³/mol. The topological polar surface area (TPSA) is 67.8 Å². The number of alkyl halides is 3. The summed E-state index contributed by atoms with van der Waals surface area (Å²) in [4.78, 5) is 31.3. The molecule has 10 heteroatoms. The van der Waals surface area contributed by atoms with Gasteiger partial charge in [-0.1, -0.05) is 55.2 Å². The summed E-state index contributed by atoms with van der Waals surface area (Å²) in [6, 6.07) is 8.90. The van der Waals surface area contributed by atoms with Crippen LogP contribution in [-0.2, 0) is 15.8 Å². The lowest BCUT2D eigenvalue weighted by molar-refractivity contribution is -0.137. The van der Waals surface area contributed by atoms with Gasteiger partial charge in [-0.3, -0.25) is 4.79 Å². The van der Waals surface area contributed by atoms with E-state index in [0.717, 1.165) is 12.1 Å². The fraction of sp³-hybridized carbons (Fsp3) is 0.400. The second-order valence-corrected chi connectivity index (χ2v) is 10.6. The Morgan fingerprint density at radius 3 is 2.43 bits per heavy atom. The highest BCUT2D eigenvalue weighted by molar-refractivity contribution is 6.36. The van der Waals surface area contributed by atoms with Crippen LogP contribution in [-0.4, -0.2) is 17.6 Å². The van der Waals surface area contributed by atoms with E-state index in [1.165, 1.54) is 30.3 Å². The molecule has 0 aromatic heterocycles. The van der Waals surface area contributed by atoms with E-state index in [9.17, 15) is 22.8 Å². The molecule has 2 fully saturated rings. The molecule has 5 nitrogen and oxygen atoms in total. The molecule has 2 atom stereocenters. The third-order valence-electron chi connectivity index (χ3n) is 8.01. The Morgan fingerprint density at radius 2 is 1.77 bits per heavy atom. The molecule has 1 amide bonds. The zero-order valence-corrected chi connectivity index (χ0v) is 20.7. The number of rotatable bonds is 4. The SMILES string of the molecule is CC12CCC(C(=O)Nc3cccc(C(F)(F)F)c3)(CC1=NOC(=O)c1ccc(Cl)cc1Cl)C2(C)C. The van der Waals surface area contributed by atoms with Crippen LogP contribution in [0.5, 0.6) is 0 Å². The number of nitrogens with zero attached hydrogens (tertiary/aromatic N) is 1. The maximum Gasteiger partial charge on any atom is 0.416 e. The lowest BCUT2D eigenvalue weighted by atomic mass is 9.64. The Hall–Kier alpha value is -2.58. The van der Waals surface area contributed by atoms with Crippen LogP contribution in [0.3, 0.4) is 0 Å². The summed E-state index contributed by atoms with van der Waals surface area (Å²) in [7, 11) is 0. The van der Waals surface area contributed by atoms with Crippen molar-refractivity contribution in [1.29, 1.82) is 0 Å². The predicted octanol–water partition coefficient (Wildman–Crippen LogP) is 7.38. The Bertz CT molecular complexity index is 1240. The summed E-state index contributed by atoms with van der Waals surface area (Å²) < 4.78 is 39.3. The van der Waals surface area contributed by atoms with Crippen molar-refractivity contribution in [3.8, 4) is 0 Å². The summed E-state index contributed by atoms with van der Waals surface area (Å²) >= 11 is 11.9. The minimum atomic E-state index is -4.52. The number of oxime groups is 1. The molecule has 0 saturated heterocycles. The monoisotopic (exact) mass is 526 g/mol. The Balaban J connectivity index is 1.59. The zero-order valence-electron chi connectivity index (χ0n) is 19.2. The molecular formula is C25H23Cl2F3N2O3. The van der Waals surface area contributed by atoms with E-state index in [4.69, 9.17) is 28.0 Å². The largest absolute Gasteiger partial charge is 0.416 e. The van der Waals surface area contributed by atoms with Gasteiger partial charge in [0.15, 0.2) is 0 Å². The number of amides is 1. The maximum atomic E-state index is 13.5. The number of carbonyl (C=O) groups excluding carboxylic acids is 2. The van der Waals surface area contributed by atoms with Gasteiger partial charge in [-0.05, 0) is 54.7 Å². The molecule has 0 heterocycles. The zero-order chi connectivity index (χ0) is 25.8. The molecule has 2 bridgehead atoms. The van der Waals surface area contributed by atoms with E-state index in [0.29, 0.717) is 23.6 Å². The number of carbonyl (C=O) groups is 2. The summed E-state index contributed by atoms with van der Waals surface area (Å²) in [6.07, 6.45) is -3.18. The molecule has 0 spiro atoms. The van der Waals surface area contributed by atoms with Gasteiger partial charge in [-0.15, -0.1) is 0 Å². The summed E-state index contributed by atoms with van der Waals surface area (Å²) in [5, 5.41) is 7.31. The number of hydrogen-bond acceptors (Lipinski definition) is 4. The highest BCUT2D eigenvalue weighted by atomic mass is 35.5. The van der Waals surface area contributed by atoms with Crippen molar-refractivity contribution in [3.05, 3.63) is 63.6 Å². The first-order valence-corrected chi connectivity index (χ1v) is 11.7. The van der Waals surface area contributed by atoms with Gasteiger partial charge in [0.05, 0.1) is 27.3 Å². The van der Waals surface area contributed by atoms with Gasteiger partial charge in [0.1, 0.15) is 0 Å². The lowest BCUT2D eigenvalue weighted by Crippen LogP contribution is -2.43. The van der Waals surface area contributed by atoms with E-state index < -0.39 is 34.0 Å². The van der Waals surface area contributed by atoms with Gasteiger partial charge in [0.25, 0.3) is 0 Å². The smallest absolute Gasteiger partial charge is 0.326 e. The normalized spacial score (nSPS) is 26.1. The van der Waals surface area contributed by atoms with Crippen molar-refractivity contribution in [1.82, 2.24) is 0 Å². The fourth-order valence-electron chi connectivity index (χ4n) is 5.35. The van der Waals surface area contributed by atoms with E-state index in [2.05, 4.69) is 10.5 Å². The number of fused-ring (bicyclic) bond motifs is 2. The first kappa shape index (κ1) is 25.5. The number of hydrogen-bond donors (Lipinski definition) is 1. The standard InChI is InChI=1S/C25H23Cl2F3N2O3/c1-22(2)23(3)9-10-24(22,21(34)31-16-6-4-5-14(11-16)25(28,29)30)13-19(23)32-35-20(33)17-8-7-15(26)12-18(17)27/h4-8,11-12H,9-10,13H2,1-3H3,(H,31,34). The molecule has 2 aromatic carbocycles. The second-order valence-electron chi connectivity index (χ2n) is 9.79. The van der Waals surface area contributed by atoms with Gasteiger partial charge in [-0.25, -0.2) is 4.79 Å². The van der Waals surface area contributed by atoms with Crippen molar-refractivity contribution in [2.75, 3.05) is 5.32 Å². The van der Waals surface area contributed by atoms with Crippen LogP contribution in [0.15, 0.2) is 47.6 Å². The molecule has 2 saturated carbocycles. The molecule has 4 rings (SSSR count). The molecule has 0 radical (unpaired) electrons. The van der Waals surface area contributed by atoms with Crippen molar-refractivity contribution >= 4 is 46.5 Å². The Labute approximate surface area is 210 Å². The lowest BCUT2D eigenvalue weighted by Gasteiger charge is -2.39. The molecule has 0 aliphatic heterocycles. The van der Waals surface area contributed by atoms with Gasteiger partial charge < -0.3 is 10.2 Å². The molecule has 1 N–H and O–H groups in total. The average molecular weight is 527 g/mol. The van der Waals surface area contributed by atoms with Crippen LogP contribution in [0, 0.1) is 16.2 Å². The van der Waals surface area contributed by atoms with Crippen molar-refractivity contribution in [3.63, 3.8) is 0 Å². The Morgan fingerprint density at radius 1 is 1.06 bits per heavy atom. The first-order valence-electron chi connectivity index (χ1n) is 10.9. The van der Waals surface area contributed by atoms with Gasteiger partial charge in [0, 0.05) is 22.5 Å². The molecule has 2 unspecified atom stereocenters. The maximum absolute atomic E-state index is 13.5. The number of benzene rings is 2. The molecule has 2 aliphatic carbocycles. The van der Waals surface area contributed by atoms with Crippen LogP contribution in [0.4, 0.5) is 18.9 Å². The molecule has 2 aliphatic rings. The van der Waals surface area contributed by atoms with Gasteiger partial charge in [0.2, 0.25) is 5.91 Å². The quantitative estimate of drug-likeness (QED) is 0.333. The van der Waals surface area contributed by atoms with Crippen LogP contribution in [0.2, 0.25) is 10.0 Å². The third-order valence-corrected chi connectivity index (χ3v) is 8.55. The van der Waals surface area contributed by atoms with Gasteiger partial charge in [-0.2, -0.15) is 13.2 Å². The summed E-state index contributed by atoms with van der Waals surface area (Å²) in [5.74, 6) is -1.14. The third kappa shape index (κ3) is 4.10. The summed E-state index contributed by atoms with van der Waals surface area (Å²) in [5.41, 5.74) is -2.21. The van der Waals surface area contributed by atoms with Crippen LogP contribution in [0.25, 0.3) is 0 Å². The van der Waals surface area contributed by atoms with Crippen LogP contribution >= 0.6 is 23.2 Å². The fourth-order valence-corrected chi connectivity index (χ4v) is 5.83. The van der Waals surface area contributed by atoms with Crippen LogP contribution in [0.1, 0.15) is 56.0 Å². The van der Waals surface area contributed by atoms with Crippen molar-refractivity contribution in [2.45, 2.75) is 46.2 Å². The van der Waals surface area contributed by atoms with Crippen LogP contribution < -0.4 is 5.32 Å². The number of nitrogens with one attached hydrogen (secondary N) is 1. The van der Waals surface area contributed by atoms with Crippen molar-refractivity contribution < 1.29 is 27.6 Å². The molecule has 2 aromatic rings. The summed E-state index contributed by atoms with van der Waals surface area (Å²) in [6.45, 7) is 5.83. The molecule has 186 valence electrons. The van der Waals surface area contributed by atoms with E-state index in [1.54, 1.807) is 0 Å². The average Bonchev–Trinajstić information content (AvgIpc) is 3.08. The van der Waals surface area contributed by atoms with Gasteiger partial charge >= 0.3 is 12.1 Å². The van der Waals surface area contributed by atoms with E-state index >= 15 is 0 Å². The van der Waals surface area contributed by atoms with E-state index in [-0.39, 0.29) is 28.6 Å². The van der Waals surface area contributed by atoms with Crippen molar-refractivity contribution in [2.24, 2.45) is 21.4 Å².